The van der Waals surface area contributed by atoms with Crippen LogP contribution in [0.4, 0.5) is 8.78 Å². The Morgan fingerprint density at radius 2 is 2.12 bits per heavy atom. The molecule has 0 saturated carbocycles. The molecule has 1 aromatic heterocycles. The number of rotatable bonds is 7. The highest BCUT2D eigenvalue weighted by Crippen LogP contribution is 2.32. The van der Waals surface area contributed by atoms with Crippen LogP contribution >= 0.6 is 15.9 Å². The topological polar surface area (TPSA) is 69.1 Å². The molecular weight excluding hydrogens is 396 g/mol. The predicted molar refractivity (Wildman–Crippen MR) is 94.1 cm³/mol. The number of benzene rings is 1. The Hall–Kier alpha value is -1.98. The van der Waals surface area contributed by atoms with E-state index in [0.29, 0.717) is 21.1 Å². The van der Waals surface area contributed by atoms with Crippen LogP contribution in [0.1, 0.15) is 17.4 Å². The third-order valence-electron chi connectivity index (χ3n) is 3.66. The molecule has 8 heteroatoms. The van der Waals surface area contributed by atoms with Gasteiger partial charge in [0.25, 0.3) is 6.43 Å². The highest BCUT2D eigenvalue weighted by atomic mass is 79.9. The van der Waals surface area contributed by atoms with Crippen LogP contribution < -0.4 is 4.74 Å². The van der Waals surface area contributed by atoms with Crippen LogP contribution in [-0.2, 0) is 0 Å². The zero-order chi connectivity index (χ0) is 18.8. The molecule has 0 radical (unpaired) electrons. The summed E-state index contributed by atoms with van der Waals surface area (Å²) >= 11 is 3.27. The minimum absolute atomic E-state index is 0.266. The molecule has 0 spiro atoms. The Bertz CT molecular complexity index is 829. The number of alkyl halides is 2. The Labute approximate surface area is 152 Å². The Morgan fingerprint density at radius 1 is 1.44 bits per heavy atom. The SMILES string of the molecule is CN(C)CC(C)(C#N)C(=O)c1cc2cc(OCC(F)F)c(Br)cc2[nH]1. The van der Waals surface area contributed by atoms with E-state index in [4.69, 9.17) is 4.74 Å². The van der Waals surface area contributed by atoms with Gasteiger partial charge >= 0.3 is 0 Å². The van der Waals surface area contributed by atoms with E-state index >= 15 is 0 Å². The standard InChI is InChI=1S/C17H18BrF2N3O2/c1-17(8-21,9-23(2)3)16(24)13-4-10-5-14(25-7-15(19)20)11(18)6-12(10)22-13/h4-6,15,22H,7,9H2,1-3H3. The van der Waals surface area contributed by atoms with Crippen LogP contribution in [0.5, 0.6) is 5.75 Å². The molecule has 2 aromatic rings. The number of hydrogen-bond acceptors (Lipinski definition) is 4. The van der Waals surface area contributed by atoms with E-state index in [-0.39, 0.29) is 18.1 Å². The molecule has 0 fully saturated rings. The highest BCUT2D eigenvalue weighted by molar-refractivity contribution is 9.10. The zero-order valence-electron chi connectivity index (χ0n) is 14.1. The summed E-state index contributed by atoms with van der Waals surface area (Å²) < 4.78 is 30.2. The number of nitrogens with one attached hydrogen (secondary N) is 1. The molecule has 1 aromatic carbocycles. The first-order valence-electron chi connectivity index (χ1n) is 7.50. The molecule has 0 bridgehead atoms. The highest BCUT2D eigenvalue weighted by Gasteiger charge is 2.35. The molecule has 1 N–H and O–H groups in total. The molecular formula is C17H18BrF2N3O2. The molecule has 25 heavy (non-hydrogen) atoms. The van der Waals surface area contributed by atoms with Gasteiger partial charge in [-0.25, -0.2) is 8.78 Å². The second kappa shape index (κ2) is 7.50. The van der Waals surface area contributed by atoms with Gasteiger partial charge < -0.3 is 14.6 Å². The minimum atomic E-state index is -2.58. The van der Waals surface area contributed by atoms with Gasteiger partial charge in [0.2, 0.25) is 0 Å². The number of nitrogens with zero attached hydrogens (tertiary/aromatic N) is 2. The first-order valence-corrected chi connectivity index (χ1v) is 8.29. The minimum Gasteiger partial charge on any atom is -0.486 e. The molecule has 5 nitrogen and oxygen atoms in total. The lowest BCUT2D eigenvalue weighted by molar-refractivity contribution is 0.0815. The van der Waals surface area contributed by atoms with E-state index in [1.165, 1.54) is 0 Å². The second-order valence-electron chi connectivity index (χ2n) is 6.27. The van der Waals surface area contributed by atoms with Crippen molar-refractivity contribution in [3.05, 3.63) is 28.4 Å². The number of H-pyrrole nitrogens is 1. The summed E-state index contributed by atoms with van der Waals surface area (Å²) in [6.45, 7) is 1.16. The van der Waals surface area contributed by atoms with Crippen molar-refractivity contribution in [2.24, 2.45) is 5.41 Å². The van der Waals surface area contributed by atoms with Gasteiger partial charge in [-0.2, -0.15) is 5.26 Å². The van der Waals surface area contributed by atoms with Gasteiger partial charge in [0, 0.05) is 17.4 Å². The summed E-state index contributed by atoms with van der Waals surface area (Å²) in [6, 6.07) is 6.91. The summed E-state index contributed by atoms with van der Waals surface area (Å²) in [5.74, 6) is -0.0618. The molecule has 0 aliphatic carbocycles. The summed E-state index contributed by atoms with van der Waals surface area (Å²) in [4.78, 5) is 17.5. The summed E-state index contributed by atoms with van der Waals surface area (Å²) in [5.41, 5.74) is -0.264. The van der Waals surface area contributed by atoms with Crippen LogP contribution in [0.2, 0.25) is 0 Å². The number of carbonyl (C=O) groups excluding carboxylic acids is 1. The van der Waals surface area contributed by atoms with Crippen LogP contribution in [0.3, 0.4) is 0 Å². The van der Waals surface area contributed by atoms with Gasteiger partial charge in [-0.3, -0.25) is 4.79 Å². The third-order valence-corrected chi connectivity index (χ3v) is 4.28. The fraction of sp³-hybridized carbons (Fsp3) is 0.412. The number of aromatic nitrogens is 1. The van der Waals surface area contributed by atoms with Gasteiger partial charge in [-0.1, -0.05) is 0 Å². The molecule has 1 unspecified atom stereocenters. The Balaban J connectivity index is 2.37. The van der Waals surface area contributed by atoms with E-state index in [9.17, 15) is 18.8 Å². The average Bonchev–Trinajstić information content (AvgIpc) is 2.93. The van der Waals surface area contributed by atoms with Crippen molar-refractivity contribution in [1.29, 1.82) is 5.26 Å². The molecule has 1 atom stereocenters. The number of hydrogen-bond donors (Lipinski definition) is 1. The van der Waals surface area contributed by atoms with Crippen molar-refractivity contribution < 1.29 is 18.3 Å². The van der Waals surface area contributed by atoms with Crippen LogP contribution in [0.15, 0.2) is 22.7 Å². The maximum atomic E-state index is 12.8. The second-order valence-corrected chi connectivity index (χ2v) is 7.12. The number of Topliss-reactive ketones (excluding diaryl/α,β-unsaturated/α-hetero) is 1. The van der Waals surface area contributed by atoms with Crippen molar-refractivity contribution in [2.45, 2.75) is 13.3 Å². The van der Waals surface area contributed by atoms with Gasteiger partial charge in [0.05, 0.1) is 16.2 Å². The number of carbonyl (C=O) groups is 1. The Kier molecular flexibility index (Phi) is 5.80. The molecule has 0 amide bonds. The quantitative estimate of drug-likeness (QED) is 0.699. The monoisotopic (exact) mass is 413 g/mol. The van der Waals surface area contributed by atoms with E-state index in [0.717, 1.165) is 0 Å². The summed E-state index contributed by atoms with van der Waals surface area (Å²) in [5, 5.41) is 10.1. The van der Waals surface area contributed by atoms with Crippen molar-refractivity contribution in [1.82, 2.24) is 9.88 Å². The van der Waals surface area contributed by atoms with Crippen molar-refractivity contribution in [3.63, 3.8) is 0 Å². The maximum Gasteiger partial charge on any atom is 0.272 e. The first-order chi connectivity index (χ1) is 11.7. The largest absolute Gasteiger partial charge is 0.486 e. The van der Waals surface area contributed by atoms with E-state index in [2.05, 4.69) is 27.0 Å². The Morgan fingerprint density at radius 3 is 2.68 bits per heavy atom. The van der Waals surface area contributed by atoms with Crippen molar-refractivity contribution >= 4 is 32.6 Å². The smallest absolute Gasteiger partial charge is 0.272 e. The molecule has 0 saturated heterocycles. The van der Waals surface area contributed by atoms with Gasteiger partial charge in [-0.15, -0.1) is 0 Å². The van der Waals surface area contributed by atoms with Crippen LogP contribution in [-0.4, -0.2) is 49.3 Å². The normalized spacial score (nSPS) is 13.9. The lowest BCUT2D eigenvalue weighted by Crippen LogP contribution is -2.37. The number of aromatic amines is 1. The fourth-order valence-electron chi connectivity index (χ4n) is 2.61. The van der Waals surface area contributed by atoms with Crippen molar-refractivity contribution in [2.75, 3.05) is 27.2 Å². The molecule has 0 aliphatic rings. The lowest BCUT2D eigenvalue weighted by atomic mass is 9.85. The van der Waals surface area contributed by atoms with E-state index in [1.54, 1.807) is 44.1 Å². The number of ketones is 1. The van der Waals surface area contributed by atoms with E-state index in [1.807, 2.05) is 0 Å². The molecule has 2 rings (SSSR count). The van der Waals surface area contributed by atoms with Gasteiger partial charge in [0.15, 0.2) is 5.78 Å². The third kappa shape index (κ3) is 4.35. The predicted octanol–water partition coefficient (Wildman–Crippen LogP) is 3.85. The maximum absolute atomic E-state index is 12.8. The summed E-state index contributed by atoms with van der Waals surface area (Å²) in [7, 11) is 3.58. The number of nitriles is 1. The fourth-order valence-corrected chi connectivity index (χ4v) is 3.06. The molecule has 1 heterocycles. The average molecular weight is 414 g/mol. The zero-order valence-corrected chi connectivity index (χ0v) is 15.7. The van der Waals surface area contributed by atoms with Crippen molar-refractivity contribution in [3.8, 4) is 11.8 Å². The number of fused-ring (bicyclic) bond motifs is 1. The van der Waals surface area contributed by atoms with Crippen LogP contribution in [0, 0.1) is 16.7 Å². The molecule has 0 aliphatic heterocycles. The van der Waals surface area contributed by atoms with Gasteiger partial charge in [0.1, 0.15) is 17.8 Å². The lowest BCUT2D eigenvalue weighted by Gasteiger charge is -2.23. The number of ether oxygens (including phenoxy) is 1. The van der Waals surface area contributed by atoms with Crippen LogP contribution in [0.25, 0.3) is 10.9 Å². The first kappa shape index (κ1) is 19.3. The molecule has 134 valence electrons. The summed E-state index contributed by atoms with van der Waals surface area (Å²) in [6.07, 6.45) is -2.58. The number of halogens is 3. The van der Waals surface area contributed by atoms with E-state index < -0.39 is 18.4 Å². The van der Waals surface area contributed by atoms with Gasteiger partial charge in [-0.05, 0) is 55.1 Å².